The minimum atomic E-state index is 0. The third-order valence-electron chi connectivity index (χ3n) is 4.55. The molecule has 1 saturated heterocycles. The Kier molecular flexibility index (Phi) is 10.3. The fourth-order valence-corrected chi connectivity index (χ4v) is 3.20. The van der Waals surface area contributed by atoms with Crippen LogP contribution in [0.25, 0.3) is 0 Å². The van der Waals surface area contributed by atoms with Gasteiger partial charge in [-0.1, -0.05) is 13.8 Å². The van der Waals surface area contributed by atoms with Gasteiger partial charge in [0.15, 0.2) is 0 Å². The minimum Gasteiger partial charge on any atom is -0.339 e. The van der Waals surface area contributed by atoms with Gasteiger partial charge in [0, 0.05) is 19.3 Å². The van der Waals surface area contributed by atoms with Crippen molar-refractivity contribution >= 4 is 5.78 Å². The summed E-state index contributed by atoms with van der Waals surface area (Å²) in [6, 6.07) is 0. The summed E-state index contributed by atoms with van der Waals surface area (Å²) in [6.07, 6.45) is 9.47. The minimum absolute atomic E-state index is 0. The summed E-state index contributed by atoms with van der Waals surface area (Å²) in [4.78, 5) is 13.4. The van der Waals surface area contributed by atoms with Crippen LogP contribution in [0.15, 0.2) is 12.4 Å². The Morgan fingerprint density at radius 3 is 2.87 bits per heavy atom. The molecule has 0 saturated carbocycles. The molecule has 2 rings (SSSR count). The van der Waals surface area contributed by atoms with Crippen molar-refractivity contribution in [3.8, 4) is 0 Å². The standard InChI is InChI=1S/C18H30N3O.K/c1-15(2)18-11-19-21(14-18)13-17-8-6-10-20(12-17)9-5-4-7-16(3)22;/h11,14-15,17H,3-10,12-13H2,1-2H3;/q-1;+1. The first-order chi connectivity index (χ1) is 10.5. The molecule has 1 fully saturated rings. The van der Waals surface area contributed by atoms with E-state index >= 15 is 0 Å². The van der Waals surface area contributed by atoms with Crippen LogP contribution in [0.1, 0.15) is 57.4 Å². The molecule has 0 N–H and O–H groups in total. The fourth-order valence-electron chi connectivity index (χ4n) is 3.20. The SMILES string of the molecule is [CH2-]C(=O)CCCCN1CCCC(Cn2cc(C(C)C)cn2)C1.[K+]. The third-order valence-corrected chi connectivity index (χ3v) is 4.55. The number of ketones is 1. The zero-order valence-electron chi connectivity index (χ0n) is 15.1. The number of nitrogens with zero attached hydrogens (tertiary/aromatic N) is 3. The van der Waals surface area contributed by atoms with Crippen LogP contribution in [0.2, 0.25) is 0 Å². The van der Waals surface area contributed by atoms with Crippen LogP contribution in [0.4, 0.5) is 0 Å². The molecular formula is C18H30KN3O. The van der Waals surface area contributed by atoms with Crippen molar-refractivity contribution in [3.63, 3.8) is 0 Å². The topological polar surface area (TPSA) is 38.1 Å². The van der Waals surface area contributed by atoms with E-state index in [1.165, 1.54) is 24.9 Å². The predicted octanol–water partition coefficient (Wildman–Crippen LogP) is 0.296. The van der Waals surface area contributed by atoms with Crippen LogP contribution >= 0.6 is 0 Å². The third kappa shape index (κ3) is 7.84. The normalized spacial score (nSPS) is 18.8. The van der Waals surface area contributed by atoms with Gasteiger partial charge in [0.05, 0.1) is 6.20 Å². The van der Waals surface area contributed by atoms with Crippen molar-refractivity contribution in [1.82, 2.24) is 14.7 Å². The van der Waals surface area contributed by atoms with Gasteiger partial charge in [-0.25, -0.2) is 0 Å². The van der Waals surface area contributed by atoms with E-state index in [1.54, 1.807) is 0 Å². The summed E-state index contributed by atoms with van der Waals surface area (Å²) >= 11 is 0. The van der Waals surface area contributed by atoms with E-state index in [9.17, 15) is 4.79 Å². The molecule has 1 aliphatic heterocycles. The summed E-state index contributed by atoms with van der Waals surface area (Å²) in [7, 11) is 0. The number of rotatable bonds is 8. The summed E-state index contributed by atoms with van der Waals surface area (Å²) in [5.41, 5.74) is 1.32. The van der Waals surface area contributed by atoms with Crippen LogP contribution in [0.5, 0.6) is 0 Å². The van der Waals surface area contributed by atoms with Gasteiger partial charge in [0.1, 0.15) is 0 Å². The van der Waals surface area contributed by atoms with E-state index in [-0.39, 0.29) is 57.2 Å². The molecule has 5 heteroatoms. The van der Waals surface area contributed by atoms with Gasteiger partial charge in [0.25, 0.3) is 0 Å². The molecule has 0 bridgehead atoms. The Morgan fingerprint density at radius 2 is 2.22 bits per heavy atom. The molecule has 1 unspecified atom stereocenters. The van der Waals surface area contributed by atoms with Crippen LogP contribution < -0.4 is 51.4 Å². The van der Waals surface area contributed by atoms with E-state index in [2.05, 4.69) is 41.6 Å². The average Bonchev–Trinajstić information content (AvgIpc) is 2.93. The van der Waals surface area contributed by atoms with Crippen molar-refractivity contribution in [2.75, 3.05) is 19.6 Å². The van der Waals surface area contributed by atoms with Gasteiger partial charge >= 0.3 is 51.4 Å². The van der Waals surface area contributed by atoms with E-state index in [4.69, 9.17) is 0 Å². The molecule has 124 valence electrons. The number of carbonyl (C=O) groups excluding carboxylic acids is 1. The summed E-state index contributed by atoms with van der Waals surface area (Å²) < 4.78 is 2.12. The van der Waals surface area contributed by atoms with Gasteiger partial charge in [-0.2, -0.15) is 5.10 Å². The first-order valence-electron chi connectivity index (χ1n) is 8.64. The van der Waals surface area contributed by atoms with E-state index in [0.29, 0.717) is 18.3 Å². The van der Waals surface area contributed by atoms with E-state index < -0.39 is 0 Å². The fraction of sp³-hybridized carbons (Fsp3) is 0.722. The number of hydrogen-bond acceptors (Lipinski definition) is 3. The Bertz CT molecular complexity index is 473. The Balaban J connectivity index is 0.00000264. The number of likely N-dealkylation sites (tertiary alicyclic amines) is 1. The average molecular weight is 344 g/mol. The first kappa shape index (κ1) is 21.4. The molecule has 0 spiro atoms. The summed E-state index contributed by atoms with van der Waals surface area (Å²) in [5.74, 6) is 1.31. The molecule has 1 aromatic rings. The molecule has 4 nitrogen and oxygen atoms in total. The van der Waals surface area contributed by atoms with Gasteiger partial charge in [-0.05, 0) is 68.4 Å². The van der Waals surface area contributed by atoms with Crippen molar-refractivity contribution < 1.29 is 56.2 Å². The molecule has 0 aliphatic carbocycles. The predicted molar refractivity (Wildman–Crippen MR) is 89.7 cm³/mol. The number of unbranched alkanes of at least 4 members (excludes halogenated alkanes) is 1. The molecule has 0 aromatic carbocycles. The second kappa shape index (κ2) is 11.1. The summed E-state index contributed by atoms with van der Waals surface area (Å²) in [5, 5.41) is 4.51. The van der Waals surface area contributed by atoms with Crippen molar-refractivity contribution in [1.29, 1.82) is 0 Å². The maximum absolute atomic E-state index is 10.9. The number of aromatic nitrogens is 2. The van der Waals surface area contributed by atoms with Crippen LogP contribution in [-0.2, 0) is 11.3 Å². The molecule has 23 heavy (non-hydrogen) atoms. The van der Waals surface area contributed by atoms with Gasteiger partial charge in [-0.3, -0.25) is 4.68 Å². The monoisotopic (exact) mass is 343 g/mol. The van der Waals surface area contributed by atoms with E-state index in [0.717, 1.165) is 32.5 Å². The Labute approximate surface area is 183 Å². The number of Topliss-reactive ketones (excluding diaryl/α,β-unsaturated/α-hetero) is 1. The van der Waals surface area contributed by atoms with Crippen LogP contribution in [-0.4, -0.2) is 40.1 Å². The molecule has 1 aliphatic rings. The van der Waals surface area contributed by atoms with Gasteiger partial charge in [-0.15, -0.1) is 0 Å². The Morgan fingerprint density at radius 1 is 1.43 bits per heavy atom. The molecule has 2 heterocycles. The number of piperidine rings is 1. The number of carbonyl (C=O) groups is 1. The first-order valence-corrected chi connectivity index (χ1v) is 8.64. The molecular weight excluding hydrogens is 313 g/mol. The maximum atomic E-state index is 10.9. The molecule has 1 atom stereocenters. The van der Waals surface area contributed by atoms with E-state index in [1.807, 2.05) is 6.20 Å². The Hall–Kier alpha value is 0.346. The summed E-state index contributed by atoms with van der Waals surface area (Å²) in [6.45, 7) is 12.4. The van der Waals surface area contributed by atoms with Crippen molar-refractivity contribution in [2.24, 2.45) is 5.92 Å². The molecule has 1 aromatic heterocycles. The van der Waals surface area contributed by atoms with Crippen LogP contribution in [0.3, 0.4) is 0 Å². The largest absolute Gasteiger partial charge is 1.00 e. The number of hydrogen-bond donors (Lipinski definition) is 0. The van der Waals surface area contributed by atoms with Gasteiger partial charge in [0.2, 0.25) is 0 Å². The second-order valence-electron chi connectivity index (χ2n) is 6.96. The van der Waals surface area contributed by atoms with Gasteiger partial charge < -0.3 is 16.6 Å². The second-order valence-corrected chi connectivity index (χ2v) is 6.96. The van der Waals surface area contributed by atoms with Crippen molar-refractivity contribution in [3.05, 3.63) is 24.9 Å². The van der Waals surface area contributed by atoms with Crippen LogP contribution in [0, 0.1) is 12.8 Å². The maximum Gasteiger partial charge on any atom is 1.00 e. The molecule has 0 radical (unpaired) electrons. The quantitative estimate of drug-likeness (QED) is 0.387. The van der Waals surface area contributed by atoms with Crippen molar-refractivity contribution in [2.45, 2.75) is 58.4 Å². The molecule has 0 amide bonds. The zero-order chi connectivity index (χ0) is 15.9. The zero-order valence-corrected chi connectivity index (χ0v) is 18.3. The smallest absolute Gasteiger partial charge is 0.339 e.